The predicted octanol–water partition coefficient (Wildman–Crippen LogP) is 2.97. The Labute approximate surface area is 164 Å². The fourth-order valence-corrected chi connectivity index (χ4v) is 3.45. The van der Waals surface area contributed by atoms with Gasteiger partial charge in [0.25, 0.3) is 11.5 Å². The van der Waals surface area contributed by atoms with Crippen LogP contribution in [-0.4, -0.2) is 16.7 Å². The van der Waals surface area contributed by atoms with Crippen LogP contribution in [0.25, 0.3) is 0 Å². The third-order valence-corrected chi connectivity index (χ3v) is 4.59. The molecule has 1 aromatic carbocycles. The molecule has 0 fully saturated rings. The van der Waals surface area contributed by atoms with Crippen LogP contribution < -0.4 is 16.6 Å². The summed E-state index contributed by atoms with van der Waals surface area (Å²) in [5.74, 6) is -0.595. The quantitative estimate of drug-likeness (QED) is 0.750. The number of benzene rings is 1. The highest BCUT2D eigenvalue weighted by Gasteiger charge is 2.32. The van der Waals surface area contributed by atoms with Gasteiger partial charge < -0.3 is 16.0 Å². The topological polar surface area (TPSA) is 105 Å². The third-order valence-electron chi connectivity index (χ3n) is 4.59. The van der Waals surface area contributed by atoms with Crippen molar-refractivity contribution in [2.24, 2.45) is 11.1 Å². The number of aromatic nitrogens is 1. The van der Waals surface area contributed by atoms with E-state index in [0.29, 0.717) is 36.3 Å². The number of hydrogen-bond donors (Lipinski definition) is 3. The van der Waals surface area contributed by atoms with E-state index in [4.69, 9.17) is 5.73 Å². The first kappa shape index (κ1) is 20.9. The van der Waals surface area contributed by atoms with Crippen LogP contribution in [0, 0.1) is 12.3 Å². The standard InChI is InChI=1S/C20H23N3O3.ClH/c1-11-4-12(10-21)6-13(5-11)22-18(25)15-7-14-16(23-19(15)26)8-20(2,3)9-17(14)24;/h4-7H,8-10,21H2,1-3H3,(H,22,25)(H,23,26);1H. The highest BCUT2D eigenvalue weighted by molar-refractivity contribution is 6.06. The number of fused-ring (bicyclic) bond motifs is 1. The number of carbonyl (C=O) groups is 2. The SMILES string of the molecule is Cc1cc(CN)cc(NC(=O)c2cc3c([nH]c2=O)CC(C)(C)CC3=O)c1.Cl. The van der Waals surface area contributed by atoms with E-state index < -0.39 is 11.5 Å². The van der Waals surface area contributed by atoms with Crippen molar-refractivity contribution in [1.29, 1.82) is 0 Å². The number of nitrogens with one attached hydrogen (secondary N) is 2. The smallest absolute Gasteiger partial charge is 0.261 e. The normalized spacial score (nSPS) is 14.9. The second kappa shape index (κ2) is 7.66. The molecule has 0 atom stereocenters. The Balaban J connectivity index is 0.00000261. The molecule has 0 spiro atoms. The van der Waals surface area contributed by atoms with Crippen LogP contribution in [0.4, 0.5) is 5.69 Å². The Kier molecular flexibility index (Phi) is 5.92. The number of aromatic amines is 1. The summed E-state index contributed by atoms with van der Waals surface area (Å²) in [6.45, 7) is 6.23. The second-order valence-corrected chi connectivity index (χ2v) is 7.71. The van der Waals surface area contributed by atoms with Gasteiger partial charge in [0, 0.05) is 29.9 Å². The number of nitrogens with two attached hydrogens (primary N) is 1. The van der Waals surface area contributed by atoms with Crippen molar-refractivity contribution in [2.75, 3.05) is 5.32 Å². The van der Waals surface area contributed by atoms with Crippen molar-refractivity contribution in [3.8, 4) is 0 Å². The van der Waals surface area contributed by atoms with Gasteiger partial charge in [-0.2, -0.15) is 0 Å². The first-order valence-electron chi connectivity index (χ1n) is 8.60. The number of Topliss-reactive ketones (excluding diaryl/α,β-unsaturated/α-hetero) is 1. The van der Waals surface area contributed by atoms with E-state index in [1.165, 1.54) is 6.07 Å². The summed E-state index contributed by atoms with van der Waals surface area (Å²) < 4.78 is 0. The van der Waals surface area contributed by atoms with Crippen molar-refractivity contribution in [3.05, 3.63) is 62.6 Å². The van der Waals surface area contributed by atoms with Gasteiger partial charge in [0.2, 0.25) is 0 Å². The van der Waals surface area contributed by atoms with Crippen LogP contribution in [0.15, 0.2) is 29.1 Å². The molecule has 1 aliphatic rings. The maximum absolute atomic E-state index is 12.6. The Morgan fingerprint density at radius 1 is 1.19 bits per heavy atom. The molecule has 27 heavy (non-hydrogen) atoms. The van der Waals surface area contributed by atoms with Gasteiger partial charge in [-0.3, -0.25) is 14.4 Å². The average Bonchev–Trinajstić information content (AvgIpc) is 2.52. The number of anilines is 1. The minimum Gasteiger partial charge on any atom is -0.326 e. The molecule has 0 bridgehead atoms. The summed E-state index contributed by atoms with van der Waals surface area (Å²) >= 11 is 0. The fourth-order valence-electron chi connectivity index (χ4n) is 3.45. The summed E-state index contributed by atoms with van der Waals surface area (Å²) in [5.41, 5.74) is 8.37. The number of halogens is 1. The number of carbonyl (C=O) groups excluding carboxylic acids is 2. The molecule has 1 aromatic heterocycles. The van der Waals surface area contributed by atoms with E-state index >= 15 is 0 Å². The molecule has 2 aromatic rings. The Hall–Kier alpha value is -2.44. The molecular formula is C20H24ClN3O3. The van der Waals surface area contributed by atoms with Gasteiger partial charge in [-0.1, -0.05) is 19.9 Å². The number of aryl methyl sites for hydroxylation is 1. The van der Waals surface area contributed by atoms with Crippen LogP contribution in [0.2, 0.25) is 0 Å². The Morgan fingerprint density at radius 2 is 1.89 bits per heavy atom. The molecule has 3 rings (SSSR count). The van der Waals surface area contributed by atoms with Gasteiger partial charge in [0.1, 0.15) is 5.56 Å². The lowest BCUT2D eigenvalue weighted by molar-refractivity contribution is 0.0910. The second-order valence-electron chi connectivity index (χ2n) is 7.71. The monoisotopic (exact) mass is 389 g/mol. The van der Waals surface area contributed by atoms with E-state index in [1.807, 2.05) is 26.8 Å². The molecule has 1 amide bonds. The average molecular weight is 390 g/mol. The largest absolute Gasteiger partial charge is 0.326 e. The number of amides is 1. The van der Waals surface area contributed by atoms with Crippen LogP contribution in [-0.2, 0) is 13.0 Å². The molecule has 6 nitrogen and oxygen atoms in total. The van der Waals surface area contributed by atoms with Gasteiger partial charge in [-0.25, -0.2) is 0 Å². The van der Waals surface area contributed by atoms with Crippen molar-refractivity contribution in [2.45, 2.75) is 40.2 Å². The molecule has 1 aliphatic carbocycles. The molecule has 0 saturated carbocycles. The maximum Gasteiger partial charge on any atom is 0.261 e. The summed E-state index contributed by atoms with van der Waals surface area (Å²) in [4.78, 5) is 40.1. The van der Waals surface area contributed by atoms with E-state index in [9.17, 15) is 14.4 Å². The number of rotatable bonds is 3. The molecule has 0 unspecified atom stereocenters. The van der Waals surface area contributed by atoms with Crippen LogP contribution in [0.3, 0.4) is 0 Å². The number of H-pyrrole nitrogens is 1. The van der Waals surface area contributed by atoms with Crippen molar-refractivity contribution in [1.82, 2.24) is 4.98 Å². The van der Waals surface area contributed by atoms with Gasteiger partial charge in [-0.15, -0.1) is 12.4 Å². The van der Waals surface area contributed by atoms with Crippen molar-refractivity contribution in [3.63, 3.8) is 0 Å². The van der Waals surface area contributed by atoms with Gasteiger partial charge >= 0.3 is 0 Å². The zero-order chi connectivity index (χ0) is 19.1. The summed E-state index contributed by atoms with van der Waals surface area (Å²) in [5, 5.41) is 2.73. The first-order valence-corrected chi connectivity index (χ1v) is 8.60. The lowest BCUT2D eigenvalue weighted by atomic mass is 9.75. The van der Waals surface area contributed by atoms with E-state index in [0.717, 1.165) is 11.1 Å². The minimum atomic E-state index is -0.541. The number of hydrogen-bond acceptors (Lipinski definition) is 4. The van der Waals surface area contributed by atoms with E-state index in [1.54, 1.807) is 12.1 Å². The zero-order valence-corrected chi connectivity index (χ0v) is 16.5. The lowest BCUT2D eigenvalue weighted by Crippen LogP contribution is -2.32. The number of ketones is 1. The van der Waals surface area contributed by atoms with Crippen LogP contribution in [0.1, 0.15) is 57.8 Å². The van der Waals surface area contributed by atoms with Gasteiger partial charge in [0.05, 0.1) is 0 Å². The van der Waals surface area contributed by atoms with Gasteiger partial charge in [-0.05, 0) is 48.1 Å². The molecule has 1 heterocycles. The highest BCUT2D eigenvalue weighted by Crippen LogP contribution is 2.33. The van der Waals surface area contributed by atoms with Crippen LogP contribution in [0.5, 0.6) is 0 Å². The van der Waals surface area contributed by atoms with Crippen molar-refractivity contribution >= 4 is 29.8 Å². The maximum atomic E-state index is 12.6. The molecule has 0 saturated heterocycles. The Morgan fingerprint density at radius 3 is 2.56 bits per heavy atom. The predicted molar refractivity (Wildman–Crippen MR) is 108 cm³/mol. The minimum absolute atomic E-state index is 0. The molecule has 144 valence electrons. The molecular weight excluding hydrogens is 366 g/mol. The molecule has 4 N–H and O–H groups in total. The molecule has 0 aliphatic heterocycles. The van der Waals surface area contributed by atoms with Crippen LogP contribution >= 0.6 is 12.4 Å². The lowest BCUT2D eigenvalue weighted by Gasteiger charge is -2.29. The number of pyridine rings is 1. The van der Waals surface area contributed by atoms with Gasteiger partial charge in [0.15, 0.2) is 5.78 Å². The van der Waals surface area contributed by atoms with E-state index in [-0.39, 0.29) is 29.2 Å². The highest BCUT2D eigenvalue weighted by atomic mass is 35.5. The van der Waals surface area contributed by atoms with E-state index in [2.05, 4.69) is 10.3 Å². The summed E-state index contributed by atoms with van der Waals surface area (Å²) in [7, 11) is 0. The summed E-state index contributed by atoms with van der Waals surface area (Å²) in [6.07, 6.45) is 0.994. The fraction of sp³-hybridized carbons (Fsp3) is 0.350. The molecule has 0 radical (unpaired) electrons. The molecule has 7 heteroatoms. The zero-order valence-electron chi connectivity index (χ0n) is 15.6. The summed E-state index contributed by atoms with van der Waals surface area (Å²) in [6, 6.07) is 6.92. The Bertz CT molecular complexity index is 963. The van der Waals surface area contributed by atoms with Crippen molar-refractivity contribution < 1.29 is 9.59 Å². The third kappa shape index (κ3) is 4.46. The first-order chi connectivity index (χ1) is 12.2.